The van der Waals surface area contributed by atoms with Crippen LogP contribution in [0.2, 0.25) is 44.8 Å². The molecule has 2 nitrogen and oxygen atoms in total. The minimum Gasteiger partial charge on any atom is -0.361 e. The molecular formula is C57H78N2Si2. The molecule has 324 valence electrons. The summed E-state index contributed by atoms with van der Waals surface area (Å²) in [5, 5.41) is 8.00. The summed E-state index contributed by atoms with van der Waals surface area (Å²) in [6.45, 7) is 35.1. The lowest BCUT2D eigenvalue weighted by Crippen LogP contribution is -2.49. The van der Waals surface area contributed by atoms with Crippen LogP contribution < -0.4 is 10.4 Å². The van der Waals surface area contributed by atoms with Crippen molar-refractivity contribution in [1.29, 1.82) is 0 Å². The molecule has 0 bridgehead atoms. The Morgan fingerprint density at radius 3 is 2.11 bits per heavy atom. The van der Waals surface area contributed by atoms with Crippen LogP contribution in [0, 0.1) is 17.8 Å². The van der Waals surface area contributed by atoms with Crippen LogP contribution >= 0.6 is 0 Å². The molecule has 0 fully saturated rings. The van der Waals surface area contributed by atoms with E-state index in [-0.39, 0.29) is 11.5 Å². The molecule has 0 aromatic heterocycles. The van der Waals surface area contributed by atoms with Gasteiger partial charge in [-0.1, -0.05) is 158 Å². The zero-order chi connectivity index (χ0) is 43.5. The molecule has 4 heteroatoms. The predicted molar refractivity (Wildman–Crippen MR) is 271 cm³/mol. The first-order valence-electron chi connectivity index (χ1n) is 24.5. The third-order valence-corrected chi connectivity index (χ3v) is 21.5. The van der Waals surface area contributed by atoms with Crippen LogP contribution in [0.4, 0.5) is 0 Å². The molecule has 0 heterocycles. The van der Waals surface area contributed by atoms with Crippen molar-refractivity contribution in [2.45, 2.75) is 181 Å². The maximum atomic E-state index is 3.00. The van der Waals surface area contributed by atoms with Gasteiger partial charge in [-0.2, -0.15) is 0 Å². The summed E-state index contributed by atoms with van der Waals surface area (Å²) >= 11 is 0. The van der Waals surface area contributed by atoms with Gasteiger partial charge in [-0.3, -0.25) is 0 Å². The van der Waals surface area contributed by atoms with Crippen LogP contribution in [0.5, 0.6) is 0 Å². The van der Waals surface area contributed by atoms with Gasteiger partial charge in [0.05, 0.1) is 34.3 Å². The third kappa shape index (κ3) is 7.26. The van der Waals surface area contributed by atoms with E-state index in [1.165, 1.54) is 36.1 Å². The topological polar surface area (TPSA) is 6.48 Å². The van der Waals surface area contributed by atoms with E-state index in [1.54, 1.807) is 54.4 Å². The lowest BCUT2D eigenvalue weighted by Gasteiger charge is -2.50. The zero-order valence-electron chi connectivity index (χ0n) is 40.5. The number of hydrogen-bond acceptors (Lipinski definition) is 2. The lowest BCUT2D eigenvalue weighted by atomic mass is 9.66. The average molecular weight is 847 g/mol. The van der Waals surface area contributed by atoms with Crippen LogP contribution in [0.1, 0.15) is 129 Å². The largest absolute Gasteiger partial charge is 0.361 e. The maximum Gasteiger partial charge on any atom is 0.0771 e. The Morgan fingerprint density at radius 1 is 0.787 bits per heavy atom. The van der Waals surface area contributed by atoms with Crippen molar-refractivity contribution in [3.8, 4) is 0 Å². The van der Waals surface area contributed by atoms with Crippen molar-refractivity contribution < 1.29 is 0 Å². The Labute approximate surface area is 372 Å². The molecule has 9 rings (SSSR count). The number of hydrogen-bond donors (Lipinski definition) is 0. The lowest BCUT2D eigenvalue weighted by molar-refractivity contribution is 0.109. The molecule has 0 spiro atoms. The summed E-state index contributed by atoms with van der Waals surface area (Å²) in [7, 11) is -2.74. The summed E-state index contributed by atoms with van der Waals surface area (Å²) in [6, 6.07) is 9.45. The monoisotopic (exact) mass is 847 g/mol. The molecule has 7 aliphatic carbocycles. The second-order valence-electron chi connectivity index (χ2n) is 23.8. The molecule has 0 N–H and O–H groups in total. The van der Waals surface area contributed by atoms with E-state index in [2.05, 4.69) is 183 Å². The fourth-order valence-electron chi connectivity index (χ4n) is 13.1. The van der Waals surface area contributed by atoms with Crippen molar-refractivity contribution in [3.05, 3.63) is 128 Å². The molecular weight excluding hydrogens is 769 g/mol. The van der Waals surface area contributed by atoms with Crippen LogP contribution in [-0.2, 0) is 5.41 Å². The van der Waals surface area contributed by atoms with Crippen molar-refractivity contribution in [1.82, 2.24) is 9.80 Å². The number of benzene rings is 2. The molecule has 0 aliphatic heterocycles. The summed E-state index contributed by atoms with van der Waals surface area (Å²) in [5.41, 5.74) is 13.4. The molecule has 7 unspecified atom stereocenters. The van der Waals surface area contributed by atoms with Gasteiger partial charge >= 0.3 is 0 Å². The highest BCUT2D eigenvalue weighted by molar-refractivity contribution is 6.83. The summed E-state index contributed by atoms with van der Waals surface area (Å²) in [6.07, 6.45) is 33.5. The van der Waals surface area contributed by atoms with E-state index in [9.17, 15) is 0 Å². The first kappa shape index (κ1) is 42.9. The van der Waals surface area contributed by atoms with E-state index in [0.717, 1.165) is 25.7 Å². The van der Waals surface area contributed by atoms with E-state index in [4.69, 9.17) is 0 Å². The molecule has 2 aromatic rings. The Hall–Kier alpha value is -3.35. The van der Waals surface area contributed by atoms with Gasteiger partial charge in [0, 0.05) is 22.7 Å². The van der Waals surface area contributed by atoms with Gasteiger partial charge in [0.25, 0.3) is 0 Å². The molecule has 61 heavy (non-hydrogen) atoms. The van der Waals surface area contributed by atoms with Gasteiger partial charge < -0.3 is 9.80 Å². The second kappa shape index (κ2) is 15.4. The number of allylic oxidation sites excluding steroid dienone is 8. The van der Waals surface area contributed by atoms with Crippen LogP contribution in [0.25, 0.3) is 22.0 Å². The third-order valence-electron chi connectivity index (χ3n) is 16.8. The van der Waals surface area contributed by atoms with Gasteiger partial charge in [0.15, 0.2) is 0 Å². The number of nitrogens with zero attached hydrogens (tertiary/aromatic N) is 2. The molecule has 0 saturated carbocycles. The minimum atomic E-state index is -1.42. The summed E-state index contributed by atoms with van der Waals surface area (Å²) in [5.74, 6) is 2.09. The highest BCUT2D eigenvalue weighted by Gasteiger charge is 2.44. The Kier molecular flexibility index (Phi) is 10.9. The Bertz CT molecular complexity index is 2470. The Morgan fingerprint density at radius 2 is 1.51 bits per heavy atom. The molecule has 2 aromatic carbocycles. The Balaban J connectivity index is 1.33. The van der Waals surface area contributed by atoms with Gasteiger partial charge in [-0.25, -0.2) is 0 Å². The zero-order valence-corrected chi connectivity index (χ0v) is 42.5. The van der Waals surface area contributed by atoms with E-state index in [1.807, 2.05) is 0 Å². The van der Waals surface area contributed by atoms with Crippen molar-refractivity contribution in [2.24, 2.45) is 17.8 Å². The van der Waals surface area contributed by atoms with E-state index < -0.39 is 16.1 Å². The predicted octanol–water partition coefficient (Wildman–Crippen LogP) is 13.9. The van der Waals surface area contributed by atoms with E-state index >= 15 is 0 Å². The van der Waals surface area contributed by atoms with Crippen LogP contribution in [0.3, 0.4) is 0 Å². The normalized spacial score (nSPS) is 29.5. The second-order valence-corrected chi connectivity index (χ2v) is 34.4. The standard InChI is InChI=1S/C57H78N2Si2/c1-35(2)47-34-51(59(56-38(5)18-19-39(56)6)42-22-26-44(27-23-42)61(12,13)14)48-33-49-52-40(30-31-57(49,7)8)32-50(46-29-28-45(47)53(48)54(46)52)58(55-36(3)16-15-17-37(55)4)41-20-24-43(25-21-41)60(9,10)11/h15-16,18-22,24,26-29,33,35-37,42-43,47,50,55-56H,17,23,25,30-32,34H2,1-14H3. The molecule has 7 atom stereocenters. The van der Waals surface area contributed by atoms with Crippen LogP contribution in [0.15, 0.2) is 101 Å². The summed E-state index contributed by atoms with van der Waals surface area (Å²) in [4.78, 5) is 5.95. The molecule has 7 aliphatic rings. The smallest absolute Gasteiger partial charge is 0.0771 e. The van der Waals surface area contributed by atoms with Gasteiger partial charge in [0.2, 0.25) is 0 Å². The fraction of sp³-hybridized carbons (Fsp3) is 0.544. The fourth-order valence-corrected chi connectivity index (χ4v) is 15.9. The van der Waals surface area contributed by atoms with Crippen molar-refractivity contribution in [2.75, 3.05) is 0 Å². The first-order chi connectivity index (χ1) is 28.8. The SMILES string of the molecule is CC1=CC=C(C)C1N(C1=c2cc3c4c5c(ccc(c25)C(C(C)C)C1)C(N(C1=CCC([Si](C)(C)C)C=C1)C1C(C)C=CCC1C)CC=4CCC3(C)C)C1C=CC([Si](C)(C)C)=CC1. The first-order valence-corrected chi connectivity index (χ1v) is 31.5. The molecule has 0 amide bonds. The van der Waals surface area contributed by atoms with Crippen LogP contribution in [-0.4, -0.2) is 44.1 Å². The average Bonchev–Trinajstić information content (AvgIpc) is 3.53. The molecule has 0 saturated heterocycles. The van der Waals surface area contributed by atoms with Crippen molar-refractivity contribution in [3.63, 3.8) is 0 Å². The summed E-state index contributed by atoms with van der Waals surface area (Å²) < 4.78 is 0. The molecule has 0 radical (unpaired) electrons. The highest BCUT2D eigenvalue weighted by Crippen LogP contribution is 2.51. The van der Waals surface area contributed by atoms with Gasteiger partial charge in [-0.15, -0.1) is 0 Å². The highest BCUT2D eigenvalue weighted by atomic mass is 28.3. The van der Waals surface area contributed by atoms with Crippen molar-refractivity contribution >= 4 is 38.2 Å². The number of rotatable bonds is 9. The quantitative estimate of drug-likeness (QED) is 0.183. The minimum absolute atomic E-state index is 0.116. The van der Waals surface area contributed by atoms with Gasteiger partial charge in [-0.05, 0) is 149 Å². The van der Waals surface area contributed by atoms with E-state index in [0.29, 0.717) is 47.3 Å². The maximum absolute atomic E-state index is 3.00. The van der Waals surface area contributed by atoms with Gasteiger partial charge in [0.1, 0.15) is 0 Å².